The lowest BCUT2D eigenvalue weighted by molar-refractivity contribution is -0.129. The summed E-state index contributed by atoms with van der Waals surface area (Å²) in [6.07, 6.45) is 1.48. The Morgan fingerprint density at radius 3 is 2.67 bits per heavy atom. The molecule has 9 heteroatoms. The molecule has 1 fully saturated rings. The van der Waals surface area contributed by atoms with E-state index >= 15 is 0 Å². The van der Waals surface area contributed by atoms with Gasteiger partial charge in [0.1, 0.15) is 17.6 Å². The number of hydrogen-bond donors (Lipinski definition) is 2. The van der Waals surface area contributed by atoms with E-state index in [9.17, 15) is 9.18 Å². The molecule has 1 aliphatic rings. The van der Waals surface area contributed by atoms with E-state index in [-0.39, 0.29) is 48.7 Å². The molecule has 0 saturated carbocycles. The number of halogens is 3. The number of aromatic nitrogens is 1. The van der Waals surface area contributed by atoms with E-state index in [0.29, 0.717) is 31.3 Å². The van der Waals surface area contributed by atoms with Gasteiger partial charge in [-0.1, -0.05) is 6.07 Å². The van der Waals surface area contributed by atoms with Crippen LogP contribution in [0, 0.1) is 5.82 Å². The number of nitrogens with zero attached hydrogens (tertiary/aromatic N) is 1. The van der Waals surface area contributed by atoms with Crippen molar-refractivity contribution in [3.05, 3.63) is 54.0 Å². The topological polar surface area (TPSA) is 72.5 Å². The van der Waals surface area contributed by atoms with Crippen molar-refractivity contribution >= 4 is 30.7 Å². The Hall–Kier alpha value is -1.93. The first kappa shape index (κ1) is 23.1. The van der Waals surface area contributed by atoms with Gasteiger partial charge in [0.25, 0.3) is 0 Å². The fourth-order valence-corrected chi connectivity index (χ4v) is 2.53. The highest BCUT2D eigenvalue weighted by atomic mass is 35.5. The molecule has 0 spiro atoms. The Bertz CT molecular complexity index is 717. The van der Waals surface area contributed by atoms with E-state index in [2.05, 4.69) is 15.6 Å². The number of benzene rings is 1. The highest BCUT2D eigenvalue weighted by molar-refractivity contribution is 5.85. The van der Waals surface area contributed by atoms with Crippen molar-refractivity contribution in [3.63, 3.8) is 0 Å². The van der Waals surface area contributed by atoms with Crippen LogP contribution in [0.3, 0.4) is 0 Å². The zero-order chi connectivity index (χ0) is 17.6. The van der Waals surface area contributed by atoms with Gasteiger partial charge in [-0.2, -0.15) is 0 Å². The van der Waals surface area contributed by atoms with Gasteiger partial charge < -0.3 is 20.1 Å². The maximum absolute atomic E-state index is 12.9. The smallest absolute Gasteiger partial charge is 0.240 e. The number of amides is 1. The predicted molar refractivity (Wildman–Crippen MR) is 104 cm³/mol. The zero-order valence-electron chi connectivity index (χ0n) is 14.7. The number of hydrogen-bond acceptors (Lipinski definition) is 5. The normalized spacial score (nSPS) is 18.6. The van der Waals surface area contributed by atoms with E-state index in [4.69, 9.17) is 9.47 Å². The van der Waals surface area contributed by atoms with Crippen molar-refractivity contribution < 1.29 is 18.7 Å². The second kappa shape index (κ2) is 11.0. The summed E-state index contributed by atoms with van der Waals surface area (Å²) in [4.78, 5) is 16.4. The average Bonchev–Trinajstić information content (AvgIpc) is 2.63. The van der Waals surface area contributed by atoms with Crippen molar-refractivity contribution in [2.75, 3.05) is 13.2 Å². The van der Waals surface area contributed by atoms with Gasteiger partial charge in [0.2, 0.25) is 11.8 Å². The summed E-state index contributed by atoms with van der Waals surface area (Å²) >= 11 is 0. The molecular weight excluding hydrogens is 396 g/mol. The van der Waals surface area contributed by atoms with Crippen LogP contribution in [0.5, 0.6) is 11.6 Å². The van der Waals surface area contributed by atoms with Crippen LogP contribution in [-0.4, -0.2) is 36.2 Å². The first-order valence-corrected chi connectivity index (χ1v) is 8.13. The van der Waals surface area contributed by atoms with Crippen molar-refractivity contribution in [1.29, 1.82) is 0 Å². The Labute approximate surface area is 169 Å². The first-order chi connectivity index (χ1) is 12.1. The first-order valence-electron chi connectivity index (χ1n) is 8.13. The molecule has 0 aliphatic carbocycles. The summed E-state index contributed by atoms with van der Waals surface area (Å²) in [6.45, 7) is 3.52. The maximum atomic E-state index is 12.9. The molecule has 1 amide bonds. The molecule has 148 valence electrons. The minimum atomic E-state index is -0.345. The quantitative estimate of drug-likeness (QED) is 0.782. The Morgan fingerprint density at radius 2 is 2.04 bits per heavy atom. The fraction of sp³-hybridized carbons (Fsp3) is 0.333. The largest absolute Gasteiger partial charge is 0.439 e. The van der Waals surface area contributed by atoms with Gasteiger partial charge in [-0.15, -0.1) is 24.8 Å². The van der Waals surface area contributed by atoms with Crippen LogP contribution in [0.2, 0.25) is 0 Å². The second-order valence-electron chi connectivity index (χ2n) is 5.79. The number of ether oxygens (including phenoxy) is 2. The number of carbonyl (C=O) groups excluding carboxylic acids is 1. The lowest BCUT2D eigenvalue weighted by Gasteiger charge is -2.29. The van der Waals surface area contributed by atoms with Gasteiger partial charge in [-0.25, -0.2) is 9.37 Å². The monoisotopic (exact) mass is 417 g/mol. The Morgan fingerprint density at radius 1 is 1.30 bits per heavy atom. The van der Waals surface area contributed by atoms with Gasteiger partial charge in [0.05, 0.1) is 12.7 Å². The summed E-state index contributed by atoms with van der Waals surface area (Å²) in [5.74, 6) is 0.488. The van der Waals surface area contributed by atoms with Crippen molar-refractivity contribution in [2.24, 2.45) is 0 Å². The summed E-state index contributed by atoms with van der Waals surface area (Å²) < 4.78 is 23.9. The zero-order valence-corrected chi connectivity index (χ0v) is 16.3. The number of carbonyl (C=O) groups is 1. The van der Waals surface area contributed by atoms with Gasteiger partial charge in [-0.05, 0) is 36.8 Å². The van der Waals surface area contributed by atoms with Crippen LogP contribution in [0.4, 0.5) is 4.39 Å². The molecule has 27 heavy (non-hydrogen) atoms. The van der Waals surface area contributed by atoms with E-state index < -0.39 is 0 Å². The van der Waals surface area contributed by atoms with Crippen LogP contribution in [-0.2, 0) is 16.1 Å². The molecular formula is C18H22Cl2FN3O3. The van der Waals surface area contributed by atoms with E-state index in [1.54, 1.807) is 12.3 Å². The predicted octanol–water partition coefficient (Wildman–Crippen LogP) is 2.85. The Balaban J connectivity index is 0.00000182. The summed E-state index contributed by atoms with van der Waals surface area (Å²) in [5.41, 5.74) is 0.851. The molecule has 0 radical (unpaired) electrons. The number of morpholine rings is 1. The van der Waals surface area contributed by atoms with Gasteiger partial charge in [-0.3, -0.25) is 4.79 Å². The minimum absolute atomic E-state index is 0. The van der Waals surface area contributed by atoms with Crippen LogP contribution < -0.4 is 15.4 Å². The Kier molecular flexibility index (Phi) is 9.45. The minimum Gasteiger partial charge on any atom is -0.439 e. The van der Waals surface area contributed by atoms with Gasteiger partial charge >= 0.3 is 0 Å². The summed E-state index contributed by atoms with van der Waals surface area (Å²) in [6, 6.07) is 8.89. The summed E-state index contributed by atoms with van der Waals surface area (Å²) in [7, 11) is 0. The molecule has 2 atom stereocenters. The van der Waals surface area contributed by atoms with Crippen molar-refractivity contribution in [3.8, 4) is 11.6 Å². The number of pyridine rings is 1. The SMILES string of the molecule is C[C@H]1OCCN[C@@H]1C(=O)NCc1ccc(Oc2ccc(F)cc2)nc1.Cl.Cl. The van der Waals surface area contributed by atoms with E-state index in [0.717, 1.165) is 5.56 Å². The molecule has 3 rings (SSSR count). The molecule has 1 aliphatic heterocycles. The third kappa shape index (κ3) is 6.62. The third-order valence-corrected chi connectivity index (χ3v) is 3.90. The fourth-order valence-electron chi connectivity index (χ4n) is 2.53. The molecule has 6 nitrogen and oxygen atoms in total. The molecule has 2 aromatic rings. The van der Waals surface area contributed by atoms with E-state index in [1.807, 2.05) is 13.0 Å². The molecule has 0 bridgehead atoms. The molecule has 0 unspecified atom stereocenters. The molecule has 1 saturated heterocycles. The lowest BCUT2D eigenvalue weighted by Crippen LogP contribution is -2.55. The highest BCUT2D eigenvalue weighted by Gasteiger charge is 2.27. The van der Waals surface area contributed by atoms with Crippen molar-refractivity contribution in [1.82, 2.24) is 15.6 Å². The number of nitrogens with one attached hydrogen (secondary N) is 2. The number of rotatable bonds is 5. The van der Waals surface area contributed by atoms with Crippen LogP contribution in [0.1, 0.15) is 12.5 Å². The standard InChI is InChI=1S/C18H20FN3O3.2ClH/c1-12-17(20-8-9-24-12)18(23)22-11-13-2-7-16(21-10-13)25-15-5-3-14(19)4-6-15;;/h2-7,10,12,17,20H,8-9,11H2,1H3,(H,22,23);2*1H/t12-,17+;;/m1../s1. The van der Waals surface area contributed by atoms with Crippen molar-refractivity contribution in [2.45, 2.75) is 25.6 Å². The molecule has 2 N–H and O–H groups in total. The molecule has 2 heterocycles. The third-order valence-electron chi connectivity index (χ3n) is 3.90. The van der Waals surface area contributed by atoms with Gasteiger partial charge in [0, 0.05) is 25.4 Å². The molecule has 1 aromatic carbocycles. The summed E-state index contributed by atoms with van der Waals surface area (Å²) in [5, 5.41) is 6.02. The van der Waals surface area contributed by atoms with Crippen LogP contribution in [0.25, 0.3) is 0 Å². The second-order valence-corrected chi connectivity index (χ2v) is 5.79. The highest BCUT2D eigenvalue weighted by Crippen LogP contribution is 2.19. The van der Waals surface area contributed by atoms with Crippen LogP contribution in [0.15, 0.2) is 42.6 Å². The average molecular weight is 418 g/mol. The lowest BCUT2D eigenvalue weighted by atomic mass is 10.1. The van der Waals surface area contributed by atoms with Crippen LogP contribution >= 0.6 is 24.8 Å². The maximum Gasteiger partial charge on any atom is 0.240 e. The van der Waals surface area contributed by atoms with E-state index in [1.165, 1.54) is 24.3 Å². The molecule has 1 aromatic heterocycles. The van der Waals surface area contributed by atoms with Gasteiger partial charge in [0.15, 0.2) is 0 Å².